The number of carbonyl (C=O) groups is 4. The minimum absolute atomic E-state index is 0.179. The van der Waals surface area contributed by atoms with Crippen LogP contribution in [0.5, 0.6) is 5.75 Å². The first-order valence-corrected chi connectivity index (χ1v) is 16.4. The fourth-order valence-electron chi connectivity index (χ4n) is 5.36. The maximum atomic E-state index is 13.7. The fourth-order valence-corrected chi connectivity index (χ4v) is 7.00. The summed E-state index contributed by atoms with van der Waals surface area (Å²) in [7, 11) is -2.99. The first-order chi connectivity index (χ1) is 21.5. The average molecular weight is 633 g/mol. The van der Waals surface area contributed by atoms with Gasteiger partial charge in [-0.15, -0.1) is 0 Å². The Morgan fingerprint density at radius 3 is 2.38 bits per heavy atom. The third kappa shape index (κ3) is 8.47. The van der Waals surface area contributed by atoms with Crippen LogP contribution in [0.4, 0.5) is 0 Å². The highest BCUT2D eigenvalue weighted by Gasteiger charge is 2.44. The second-order valence-corrected chi connectivity index (χ2v) is 13.2. The van der Waals surface area contributed by atoms with E-state index in [4.69, 9.17) is 10.5 Å². The molecule has 0 bridgehead atoms. The van der Waals surface area contributed by atoms with Gasteiger partial charge in [-0.05, 0) is 49.1 Å². The van der Waals surface area contributed by atoms with Crippen molar-refractivity contribution < 1.29 is 33.4 Å². The normalized spacial score (nSPS) is 19.0. The summed E-state index contributed by atoms with van der Waals surface area (Å²) in [5.41, 5.74) is 7.13. The van der Waals surface area contributed by atoms with Crippen LogP contribution < -0.4 is 21.1 Å². The molecule has 236 valence electrons. The van der Waals surface area contributed by atoms with Crippen LogP contribution in [0.25, 0.3) is 6.08 Å². The number of hydrogen-bond donors (Lipinski definition) is 4. The van der Waals surface area contributed by atoms with Gasteiger partial charge < -0.3 is 30.9 Å². The number of hydrogen-bond acceptors (Lipinski definition) is 6. The Bertz CT molecular complexity index is 1600. The molecular formula is C33H37N4O7P. The molecule has 3 aromatic rings. The predicted molar refractivity (Wildman–Crippen MR) is 170 cm³/mol. The predicted octanol–water partition coefficient (Wildman–Crippen LogP) is 3.46. The SMILES string of the molecule is COc1cccc(C(=O)NC(c2ccccc2)P(=O)(O)CC(=O)N[C@H]2CC(C)N([C@@H](C/C=C/c3ccccc3)C(N)=O)C2=O)c1. The number of nitrogens with zero attached hydrogens (tertiary/aromatic N) is 1. The van der Waals surface area contributed by atoms with E-state index in [2.05, 4.69) is 10.6 Å². The van der Waals surface area contributed by atoms with Gasteiger partial charge in [-0.25, -0.2) is 0 Å². The van der Waals surface area contributed by atoms with Gasteiger partial charge in [0.15, 0.2) is 0 Å². The van der Waals surface area contributed by atoms with Crippen LogP contribution in [0.2, 0.25) is 0 Å². The maximum absolute atomic E-state index is 13.7. The number of carbonyl (C=O) groups excluding carboxylic acids is 4. The number of primary amides is 1. The van der Waals surface area contributed by atoms with E-state index in [1.54, 1.807) is 55.5 Å². The average Bonchev–Trinajstić information content (AvgIpc) is 3.29. The van der Waals surface area contributed by atoms with E-state index >= 15 is 0 Å². The van der Waals surface area contributed by atoms with Gasteiger partial charge in [0.2, 0.25) is 25.1 Å². The van der Waals surface area contributed by atoms with E-state index in [1.807, 2.05) is 36.4 Å². The van der Waals surface area contributed by atoms with Crippen LogP contribution in [0.1, 0.15) is 47.0 Å². The summed E-state index contributed by atoms with van der Waals surface area (Å²) >= 11 is 0. The lowest BCUT2D eigenvalue weighted by atomic mass is 10.1. The summed E-state index contributed by atoms with van der Waals surface area (Å²) < 4.78 is 18.9. The molecule has 1 fully saturated rings. The quantitative estimate of drug-likeness (QED) is 0.209. The topological polar surface area (TPSA) is 168 Å². The molecule has 0 aliphatic carbocycles. The zero-order valence-corrected chi connectivity index (χ0v) is 25.9. The van der Waals surface area contributed by atoms with E-state index < -0.39 is 61.1 Å². The van der Waals surface area contributed by atoms with Crippen molar-refractivity contribution in [1.29, 1.82) is 0 Å². The van der Waals surface area contributed by atoms with Crippen molar-refractivity contribution >= 4 is 37.1 Å². The van der Waals surface area contributed by atoms with Crippen LogP contribution in [-0.4, -0.2) is 64.8 Å². The second kappa shape index (κ2) is 14.8. The third-order valence-electron chi connectivity index (χ3n) is 7.56. The van der Waals surface area contributed by atoms with Crippen LogP contribution in [-0.2, 0) is 18.9 Å². The van der Waals surface area contributed by atoms with E-state index in [9.17, 15) is 28.6 Å². The van der Waals surface area contributed by atoms with Crippen molar-refractivity contribution in [3.05, 3.63) is 108 Å². The van der Waals surface area contributed by atoms with Crippen LogP contribution >= 0.6 is 7.37 Å². The Labute approximate surface area is 261 Å². The van der Waals surface area contributed by atoms with E-state index in [-0.39, 0.29) is 18.4 Å². The van der Waals surface area contributed by atoms with Gasteiger partial charge in [0, 0.05) is 11.6 Å². The van der Waals surface area contributed by atoms with Crippen LogP contribution in [0, 0.1) is 0 Å². The van der Waals surface area contributed by atoms with Gasteiger partial charge in [-0.2, -0.15) is 0 Å². The van der Waals surface area contributed by atoms with Crippen molar-refractivity contribution in [3.8, 4) is 5.75 Å². The van der Waals surface area contributed by atoms with E-state index in [0.29, 0.717) is 11.3 Å². The van der Waals surface area contributed by atoms with Crippen LogP contribution in [0.3, 0.4) is 0 Å². The first kappa shape index (κ1) is 33.2. The molecule has 1 aliphatic heterocycles. The largest absolute Gasteiger partial charge is 0.497 e. The molecule has 5 atom stereocenters. The standard InChI is InChI=1S/C33H37N4O7P/c1-22-19-27(33(41)37(22)28(30(34)39)18-9-13-23-11-5-3-6-12-23)35-29(38)21-45(42,43)32(24-14-7-4-8-15-24)36-31(40)25-16-10-17-26(20-25)44-2/h3-17,20,22,27-28,32H,18-19,21H2,1-2H3,(H2,34,39)(H,35,38)(H,36,40)(H,42,43)/b13-9+/t22?,27-,28-,32?/m0/s1. The molecule has 0 radical (unpaired) electrons. The number of ether oxygens (including phenoxy) is 1. The van der Waals surface area contributed by atoms with Crippen molar-refractivity contribution in [2.24, 2.45) is 5.73 Å². The number of rotatable bonds is 13. The highest BCUT2D eigenvalue weighted by atomic mass is 31.2. The van der Waals surface area contributed by atoms with Crippen LogP contribution in [0.15, 0.2) is 91.0 Å². The smallest absolute Gasteiger partial charge is 0.252 e. The number of likely N-dealkylation sites (tertiary alicyclic amines) is 1. The summed E-state index contributed by atoms with van der Waals surface area (Å²) in [6.45, 7) is 1.75. The Balaban J connectivity index is 1.45. The summed E-state index contributed by atoms with van der Waals surface area (Å²) in [6.07, 6.45) is 3.10. The lowest BCUT2D eigenvalue weighted by Gasteiger charge is -2.28. The summed E-state index contributed by atoms with van der Waals surface area (Å²) in [5, 5.41) is 5.17. The maximum Gasteiger partial charge on any atom is 0.252 e. The number of nitrogens with two attached hydrogens (primary N) is 1. The molecule has 1 aliphatic rings. The molecule has 3 aromatic carbocycles. The minimum Gasteiger partial charge on any atom is -0.497 e. The highest BCUT2D eigenvalue weighted by molar-refractivity contribution is 7.59. The third-order valence-corrected chi connectivity index (χ3v) is 9.54. The molecule has 45 heavy (non-hydrogen) atoms. The van der Waals surface area contributed by atoms with Crippen molar-refractivity contribution in [1.82, 2.24) is 15.5 Å². The molecule has 3 unspecified atom stereocenters. The number of methoxy groups -OCH3 is 1. The lowest BCUT2D eigenvalue weighted by Crippen LogP contribution is -2.51. The summed E-state index contributed by atoms with van der Waals surface area (Å²) in [5.74, 6) is -3.64. The zero-order valence-electron chi connectivity index (χ0n) is 25.0. The molecular weight excluding hydrogens is 595 g/mol. The van der Waals surface area contributed by atoms with Gasteiger partial charge >= 0.3 is 0 Å². The van der Waals surface area contributed by atoms with Gasteiger partial charge in [0.05, 0.1) is 7.11 Å². The molecule has 0 saturated carbocycles. The molecule has 4 amide bonds. The van der Waals surface area contributed by atoms with Crippen molar-refractivity contribution in [2.45, 2.75) is 43.7 Å². The van der Waals surface area contributed by atoms with Gasteiger partial charge in [0.1, 0.15) is 29.8 Å². The monoisotopic (exact) mass is 632 g/mol. The Morgan fingerprint density at radius 2 is 1.73 bits per heavy atom. The molecule has 0 aromatic heterocycles. The van der Waals surface area contributed by atoms with Crippen molar-refractivity contribution in [2.75, 3.05) is 13.3 Å². The molecule has 1 saturated heterocycles. The number of benzene rings is 3. The Hall–Kier alpha value is -4.73. The highest BCUT2D eigenvalue weighted by Crippen LogP contribution is 2.53. The molecule has 5 N–H and O–H groups in total. The van der Waals surface area contributed by atoms with Gasteiger partial charge in [-0.3, -0.25) is 23.7 Å². The Kier molecular flexibility index (Phi) is 10.9. The molecule has 12 heteroatoms. The lowest BCUT2D eigenvalue weighted by molar-refractivity contribution is -0.139. The summed E-state index contributed by atoms with van der Waals surface area (Å²) in [4.78, 5) is 64.5. The molecule has 0 spiro atoms. The van der Waals surface area contributed by atoms with Gasteiger partial charge in [-0.1, -0.05) is 78.9 Å². The second-order valence-electron chi connectivity index (χ2n) is 10.8. The van der Waals surface area contributed by atoms with E-state index in [0.717, 1.165) is 5.56 Å². The zero-order chi connectivity index (χ0) is 32.6. The summed E-state index contributed by atoms with van der Waals surface area (Å²) in [6, 6.07) is 21.5. The molecule has 11 nitrogen and oxygen atoms in total. The Morgan fingerprint density at radius 1 is 1.07 bits per heavy atom. The number of nitrogens with one attached hydrogen (secondary N) is 2. The van der Waals surface area contributed by atoms with Crippen molar-refractivity contribution in [3.63, 3.8) is 0 Å². The minimum atomic E-state index is -4.44. The molecule has 4 rings (SSSR count). The van der Waals surface area contributed by atoms with Gasteiger partial charge in [0.25, 0.3) is 5.91 Å². The van der Waals surface area contributed by atoms with E-state index in [1.165, 1.54) is 24.1 Å². The molecule has 1 heterocycles. The number of amides is 4. The fraction of sp³-hybridized carbons (Fsp3) is 0.273. The first-order valence-electron chi connectivity index (χ1n) is 14.4.